The van der Waals surface area contributed by atoms with Crippen LogP contribution >= 0.6 is 15.9 Å². The maximum absolute atomic E-state index is 9.71. The summed E-state index contributed by atoms with van der Waals surface area (Å²) < 4.78 is 17.3. The third-order valence-corrected chi connectivity index (χ3v) is 3.80. The number of methoxy groups -OCH3 is 1. The molecule has 2 rings (SSSR count). The Labute approximate surface area is 121 Å². The minimum absolute atomic E-state index is 0.106. The first-order valence-electron chi connectivity index (χ1n) is 6.33. The van der Waals surface area contributed by atoms with Gasteiger partial charge < -0.3 is 19.3 Å². The molecule has 0 saturated heterocycles. The lowest BCUT2D eigenvalue weighted by molar-refractivity contribution is -0.167. The number of hydrogen-bond acceptors (Lipinski definition) is 4. The second-order valence-electron chi connectivity index (χ2n) is 4.72. The van der Waals surface area contributed by atoms with Gasteiger partial charge in [0.25, 0.3) is 0 Å². The number of aliphatic hydroxyl groups is 1. The molecular weight excluding hydrogens is 312 g/mol. The van der Waals surface area contributed by atoms with E-state index < -0.39 is 6.10 Å². The van der Waals surface area contributed by atoms with Crippen LogP contribution in [-0.4, -0.2) is 43.7 Å². The van der Waals surface area contributed by atoms with Gasteiger partial charge in [0.15, 0.2) is 0 Å². The molecule has 4 nitrogen and oxygen atoms in total. The molecule has 0 spiro atoms. The third kappa shape index (κ3) is 3.69. The van der Waals surface area contributed by atoms with Crippen LogP contribution < -0.4 is 4.74 Å². The number of aryl methyl sites for hydroxylation is 1. The standard InChI is InChI=1S/C14H19BrO4/c1-9-3-4-12(10(15)7-9)19-13-8-11(16)14(13)18-6-5-17-2/h3-4,7,11,13-14,16H,5-6,8H2,1-2H3. The van der Waals surface area contributed by atoms with Crippen molar-refractivity contribution in [2.75, 3.05) is 20.3 Å². The van der Waals surface area contributed by atoms with Crippen LogP contribution in [0.4, 0.5) is 0 Å². The van der Waals surface area contributed by atoms with Crippen molar-refractivity contribution >= 4 is 15.9 Å². The van der Waals surface area contributed by atoms with E-state index >= 15 is 0 Å². The molecule has 1 N–H and O–H groups in total. The molecule has 5 heteroatoms. The number of aliphatic hydroxyl groups excluding tert-OH is 1. The maximum Gasteiger partial charge on any atom is 0.134 e. The number of benzene rings is 1. The van der Waals surface area contributed by atoms with Crippen molar-refractivity contribution < 1.29 is 19.3 Å². The summed E-state index contributed by atoms with van der Waals surface area (Å²) >= 11 is 3.48. The number of ether oxygens (including phenoxy) is 3. The first-order chi connectivity index (χ1) is 9.11. The average Bonchev–Trinajstić information content (AvgIpc) is 2.37. The van der Waals surface area contributed by atoms with E-state index in [9.17, 15) is 5.11 Å². The van der Waals surface area contributed by atoms with Gasteiger partial charge in [-0.3, -0.25) is 0 Å². The van der Waals surface area contributed by atoms with Gasteiger partial charge in [0.1, 0.15) is 18.0 Å². The van der Waals surface area contributed by atoms with E-state index in [1.54, 1.807) is 7.11 Å². The lowest BCUT2D eigenvalue weighted by Crippen LogP contribution is -2.55. The van der Waals surface area contributed by atoms with Gasteiger partial charge in [0, 0.05) is 13.5 Å². The van der Waals surface area contributed by atoms with E-state index in [0.717, 1.165) is 10.2 Å². The molecule has 19 heavy (non-hydrogen) atoms. The second kappa shape index (κ2) is 6.70. The molecule has 0 amide bonds. The molecule has 0 aromatic heterocycles. The SMILES string of the molecule is COCCOC1C(O)CC1Oc1ccc(C)cc1Br. The van der Waals surface area contributed by atoms with Crippen molar-refractivity contribution in [3.8, 4) is 5.75 Å². The highest BCUT2D eigenvalue weighted by Gasteiger charge is 2.43. The molecule has 3 atom stereocenters. The highest BCUT2D eigenvalue weighted by molar-refractivity contribution is 9.10. The fourth-order valence-corrected chi connectivity index (χ4v) is 2.61. The summed E-state index contributed by atoms with van der Waals surface area (Å²) in [6.45, 7) is 3.01. The van der Waals surface area contributed by atoms with Crippen LogP contribution in [0.25, 0.3) is 0 Å². The Morgan fingerprint density at radius 1 is 1.37 bits per heavy atom. The molecular formula is C14H19BrO4. The Balaban J connectivity index is 1.91. The number of halogens is 1. The molecule has 0 bridgehead atoms. The maximum atomic E-state index is 9.71. The summed E-state index contributed by atoms with van der Waals surface area (Å²) in [5, 5.41) is 9.71. The Bertz CT molecular complexity index is 424. The van der Waals surface area contributed by atoms with Crippen LogP contribution in [0.3, 0.4) is 0 Å². The van der Waals surface area contributed by atoms with Gasteiger partial charge in [0.2, 0.25) is 0 Å². The largest absolute Gasteiger partial charge is 0.486 e. The molecule has 1 aliphatic carbocycles. The highest BCUT2D eigenvalue weighted by atomic mass is 79.9. The minimum atomic E-state index is -0.453. The zero-order chi connectivity index (χ0) is 13.8. The lowest BCUT2D eigenvalue weighted by atomic mass is 9.88. The van der Waals surface area contributed by atoms with Crippen LogP contribution in [-0.2, 0) is 9.47 Å². The van der Waals surface area contributed by atoms with Gasteiger partial charge in [-0.05, 0) is 40.5 Å². The summed E-state index contributed by atoms with van der Waals surface area (Å²) in [6.07, 6.45) is -0.238. The number of hydrogen-bond donors (Lipinski definition) is 1. The molecule has 1 aromatic rings. The summed E-state index contributed by atoms with van der Waals surface area (Å²) in [7, 11) is 1.62. The predicted molar refractivity (Wildman–Crippen MR) is 75.5 cm³/mol. The van der Waals surface area contributed by atoms with E-state index in [1.807, 2.05) is 25.1 Å². The third-order valence-electron chi connectivity index (χ3n) is 3.18. The van der Waals surface area contributed by atoms with E-state index in [2.05, 4.69) is 15.9 Å². The molecule has 0 radical (unpaired) electrons. The quantitative estimate of drug-likeness (QED) is 0.813. The van der Waals surface area contributed by atoms with Gasteiger partial charge in [0.05, 0.1) is 23.8 Å². The van der Waals surface area contributed by atoms with Crippen molar-refractivity contribution in [3.63, 3.8) is 0 Å². The molecule has 0 aliphatic heterocycles. The Morgan fingerprint density at radius 2 is 2.16 bits per heavy atom. The molecule has 1 aromatic carbocycles. The second-order valence-corrected chi connectivity index (χ2v) is 5.58. The van der Waals surface area contributed by atoms with Gasteiger partial charge in [-0.15, -0.1) is 0 Å². The Morgan fingerprint density at radius 3 is 2.79 bits per heavy atom. The predicted octanol–water partition coefficient (Wildman–Crippen LogP) is 2.30. The van der Waals surface area contributed by atoms with Crippen LogP contribution in [0.1, 0.15) is 12.0 Å². The summed E-state index contributed by atoms with van der Waals surface area (Å²) in [5.41, 5.74) is 1.17. The minimum Gasteiger partial charge on any atom is -0.486 e. The highest BCUT2D eigenvalue weighted by Crippen LogP contribution is 2.33. The summed E-state index contributed by atoms with van der Waals surface area (Å²) in [6, 6.07) is 5.93. The molecule has 3 unspecified atom stereocenters. The van der Waals surface area contributed by atoms with Gasteiger partial charge in [-0.25, -0.2) is 0 Å². The van der Waals surface area contributed by atoms with Crippen molar-refractivity contribution in [2.24, 2.45) is 0 Å². The van der Waals surface area contributed by atoms with Crippen molar-refractivity contribution in [3.05, 3.63) is 28.2 Å². The van der Waals surface area contributed by atoms with Crippen molar-refractivity contribution in [1.82, 2.24) is 0 Å². The summed E-state index contributed by atoms with van der Waals surface area (Å²) in [5.74, 6) is 0.780. The molecule has 1 saturated carbocycles. The average molecular weight is 331 g/mol. The number of rotatable bonds is 6. The van der Waals surface area contributed by atoms with E-state index in [-0.39, 0.29) is 12.2 Å². The first-order valence-corrected chi connectivity index (χ1v) is 7.12. The molecule has 1 aliphatic rings. The van der Waals surface area contributed by atoms with E-state index in [1.165, 1.54) is 5.56 Å². The van der Waals surface area contributed by atoms with Crippen LogP contribution in [0, 0.1) is 6.92 Å². The van der Waals surface area contributed by atoms with Gasteiger partial charge in [-0.2, -0.15) is 0 Å². The van der Waals surface area contributed by atoms with E-state index in [4.69, 9.17) is 14.2 Å². The fourth-order valence-electron chi connectivity index (χ4n) is 2.02. The van der Waals surface area contributed by atoms with Crippen LogP contribution in [0.2, 0.25) is 0 Å². The van der Waals surface area contributed by atoms with Crippen LogP contribution in [0.15, 0.2) is 22.7 Å². The lowest BCUT2D eigenvalue weighted by Gasteiger charge is -2.40. The molecule has 0 heterocycles. The monoisotopic (exact) mass is 330 g/mol. The first kappa shape index (κ1) is 14.8. The van der Waals surface area contributed by atoms with Gasteiger partial charge in [-0.1, -0.05) is 6.07 Å². The fraction of sp³-hybridized carbons (Fsp3) is 0.571. The van der Waals surface area contributed by atoms with E-state index in [0.29, 0.717) is 19.6 Å². The topological polar surface area (TPSA) is 47.9 Å². The Hall–Kier alpha value is -0.620. The summed E-state index contributed by atoms with van der Waals surface area (Å²) in [4.78, 5) is 0. The van der Waals surface area contributed by atoms with Crippen molar-refractivity contribution in [1.29, 1.82) is 0 Å². The molecule has 106 valence electrons. The normalized spacial score (nSPS) is 26.0. The Kier molecular flexibility index (Phi) is 5.21. The smallest absolute Gasteiger partial charge is 0.134 e. The zero-order valence-electron chi connectivity index (χ0n) is 11.1. The van der Waals surface area contributed by atoms with Crippen molar-refractivity contribution in [2.45, 2.75) is 31.7 Å². The van der Waals surface area contributed by atoms with Crippen LogP contribution in [0.5, 0.6) is 5.75 Å². The van der Waals surface area contributed by atoms with Gasteiger partial charge >= 0.3 is 0 Å². The zero-order valence-corrected chi connectivity index (χ0v) is 12.7. The molecule has 1 fully saturated rings.